The van der Waals surface area contributed by atoms with E-state index in [9.17, 15) is 0 Å². The SMILES string of the molecule is CCCCCC.CCCCCC.CCCCCC.CCCCCC.CCCCCC.CCCCCC.CCCCCC.CCCCCC(C(Cl)Cl)C(Cl)Cl. The van der Waals surface area contributed by atoms with E-state index < -0.39 is 9.67 Å². The van der Waals surface area contributed by atoms with E-state index in [-0.39, 0.29) is 5.92 Å². The Kier molecular flexibility index (Phi) is 116. The van der Waals surface area contributed by atoms with E-state index in [1.165, 1.54) is 193 Å². The lowest BCUT2D eigenvalue weighted by atomic mass is 10.1. The molecule has 54 heavy (non-hydrogen) atoms. The smallest absolute Gasteiger partial charge is 0.105 e. The molecular formula is C50H112Cl4. The monoisotopic (exact) mass is 853 g/mol. The van der Waals surface area contributed by atoms with Crippen molar-refractivity contribution in [2.75, 3.05) is 0 Å². The Hall–Kier alpha value is 1.16. The second-order valence-corrected chi connectivity index (χ2v) is 17.1. The van der Waals surface area contributed by atoms with Gasteiger partial charge in [-0.1, -0.05) is 303 Å². The molecule has 0 atom stereocenters. The molecule has 0 saturated heterocycles. The topological polar surface area (TPSA) is 0 Å². The molecule has 0 aromatic carbocycles. The van der Waals surface area contributed by atoms with Crippen LogP contribution in [-0.4, -0.2) is 9.67 Å². The van der Waals surface area contributed by atoms with Gasteiger partial charge in [-0.3, -0.25) is 0 Å². The molecule has 4 heteroatoms. The summed E-state index contributed by atoms with van der Waals surface area (Å²) in [6.07, 6.45) is 43.1. The summed E-state index contributed by atoms with van der Waals surface area (Å²) in [7, 11) is 0. The van der Waals surface area contributed by atoms with Crippen LogP contribution in [0.4, 0.5) is 0 Å². The Morgan fingerprint density at radius 3 is 0.407 bits per heavy atom. The van der Waals surface area contributed by atoms with Crippen LogP contribution in [0.2, 0.25) is 0 Å². The van der Waals surface area contributed by atoms with Crippen LogP contribution in [-0.2, 0) is 0 Å². The lowest BCUT2D eigenvalue weighted by Crippen LogP contribution is -2.16. The first-order valence-corrected chi connectivity index (χ1v) is 26.3. The molecule has 0 aromatic heterocycles. The van der Waals surface area contributed by atoms with Gasteiger partial charge >= 0.3 is 0 Å². The molecular weight excluding hydrogens is 742 g/mol. The molecule has 0 rings (SSSR count). The minimum Gasteiger partial charge on any atom is -0.105 e. The summed E-state index contributed by atoms with van der Waals surface area (Å²) in [5, 5.41) is 0. The highest BCUT2D eigenvalue weighted by molar-refractivity contribution is 6.48. The lowest BCUT2D eigenvalue weighted by molar-refractivity contribution is 0.510. The first-order valence-electron chi connectivity index (χ1n) is 24.6. The summed E-state index contributed by atoms with van der Waals surface area (Å²) in [5.41, 5.74) is 0. The third-order valence-corrected chi connectivity index (χ3v) is 9.78. The maximum Gasteiger partial charge on any atom is 0.113 e. The summed E-state index contributed by atoms with van der Waals surface area (Å²) in [6.45, 7) is 33.4. The van der Waals surface area contributed by atoms with Crippen molar-refractivity contribution in [3.05, 3.63) is 0 Å². The summed E-state index contributed by atoms with van der Waals surface area (Å²) in [6, 6.07) is 0. The third-order valence-electron chi connectivity index (χ3n) is 8.49. The summed E-state index contributed by atoms with van der Waals surface area (Å²) >= 11 is 22.9. The highest BCUT2D eigenvalue weighted by atomic mass is 35.5. The predicted octanol–water partition coefficient (Wildman–Crippen LogP) is 22.9. The molecule has 340 valence electrons. The second-order valence-electron chi connectivity index (χ2n) is 14.8. The van der Waals surface area contributed by atoms with Gasteiger partial charge in [0, 0.05) is 5.92 Å². The Balaban J connectivity index is -0.0000000760. The molecule has 0 aliphatic heterocycles. The van der Waals surface area contributed by atoms with Crippen LogP contribution in [0, 0.1) is 5.92 Å². The maximum atomic E-state index is 5.71. The number of unbranched alkanes of at least 4 members (excludes halogenated alkanes) is 23. The van der Waals surface area contributed by atoms with Crippen molar-refractivity contribution in [3.8, 4) is 0 Å². The lowest BCUT2D eigenvalue weighted by Gasteiger charge is -2.18. The Labute approximate surface area is 369 Å². The molecule has 0 amide bonds. The Morgan fingerprint density at radius 2 is 0.315 bits per heavy atom. The molecule has 0 N–H and O–H groups in total. The van der Waals surface area contributed by atoms with Crippen LogP contribution in [0.3, 0.4) is 0 Å². The van der Waals surface area contributed by atoms with Crippen molar-refractivity contribution in [2.45, 2.75) is 319 Å². The molecule has 0 radical (unpaired) electrons. The second kappa shape index (κ2) is 86.1. The first-order chi connectivity index (χ1) is 26.0. The van der Waals surface area contributed by atoms with Gasteiger partial charge in [-0.05, 0) is 6.42 Å². The van der Waals surface area contributed by atoms with Crippen LogP contribution in [0.25, 0.3) is 0 Å². The minimum atomic E-state index is -0.457. The number of hydrogen-bond acceptors (Lipinski definition) is 0. The third kappa shape index (κ3) is 117. The number of hydrogen-bond donors (Lipinski definition) is 0. The number of alkyl halides is 4. The van der Waals surface area contributed by atoms with E-state index in [1.54, 1.807) is 0 Å². The molecule has 0 spiro atoms. The molecule has 0 aromatic rings. The van der Waals surface area contributed by atoms with E-state index in [2.05, 4.69) is 104 Å². The molecule has 0 aliphatic rings. The van der Waals surface area contributed by atoms with E-state index in [0.29, 0.717) is 0 Å². The highest BCUT2D eigenvalue weighted by Gasteiger charge is 2.23. The molecule has 0 nitrogen and oxygen atoms in total. The summed E-state index contributed by atoms with van der Waals surface area (Å²) < 4.78 is 0. The number of halogens is 4. The van der Waals surface area contributed by atoms with E-state index >= 15 is 0 Å². The van der Waals surface area contributed by atoms with Gasteiger partial charge in [-0.25, -0.2) is 0 Å². The van der Waals surface area contributed by atoms with Crippen molar-refractivity contribution in [1.82, 2.24) is 0 Å². The minimum absolute atomic E-state index is 0.00298. The quantitative estimate of drug-likeness (QED) is 0.0570. The molecule has 0 heterocycles. The van der Waals surface area contributed by atoms with Gasteiger partial charge in [-0.15, -0.1) is 46.4 Å². The van der Waals surface area contributed by atoms with Crippen LogP contribution in [0.15, 0.2) is 0 Å². The van der Waals surface area contributed by atoms with Crippen LogP contribution < -0.4 is 0 Å². The van der Waals surface area contributed by atoms with Gasteiger partial charge < -0.3 is 0 Å². The largest absolute Gasteiger partial charge is 0.113 e. The highest BCUT2D eigenvalue weighted by Crippen LogP contribution is 2.30. The van der Waals surface area contributed by atoms with Gasteiger partial charge in [0.2, 0.25) is 0 Å². The Morgan fingerprint density at radius 1 is 0.204 bits per heavy atom. The molecule has 0 fully saturated rings. The van der Waals surface area contributed by atoms with E-state index in [4.69, 9.17) is 46.4 Å². The normalized spacial score (nSPS) is 9.67. The van der Waals surface area contributed by atoms with Crippen molar-refractivity contribution in [1.29, 1.82) is 0 Å². The molecule has 0 bridgehead atoms. The van der Waals surface area contributed by atoms with Crippen LogP contribution in [0.1, 0.15) is 309 Å². The average Bonchev–Trinajstić information content (AvgIpc) is 3.18. The standard InChI is InChI=1S/C8H14Cl4.7C6H14/c1-2-3-4-5-6(7(9)10)8(11)12;7*1-3-5-6-4-2/h6-8H,2-5H2,1H3;7*3-6H2,1-2H3. The maximum absolute atomic E-state index is 5.71. The number of rotatable bonds is 27. The predicted molar refractivity (Wildman–Crippen MR) is 267 cm³/mol. The molecule has 0 aliphatic carbocycles. The van der Waals surface area contributed by atoms with Crippen LogP contribution in [0.5, 0.6) is 0 Å². The zero-order valence-corrected chi connectivity index (χ0v) is 43.9. The van der Waals surface area contributed by atoms with Crippen LogP contribution >= 0.6 is 46.4 Å². The van der Waals surface area contributed by atoms with Gasteiger partial charge in [0.15, 0.2) is 0 Å². The van der Waals surface area contributed by atoms with E-state index in [1.807, 2.05) is 0 Å². The fourth-order valence-corrected chi connectivity index (χ4v) is 5.88. The van der Waals surface area contributed by atoms with Crippen molar-refractivity contribution in [2.24, 2.45) is 5.92 Å². The summed E-state index contributed by atoms with van der Waals surface area (Å²) in [5.74, 6) is 0.00298. The van der Waals surface area contributed by atoms with Crippen molar-refractivity contribution < 1.29 is 0 Å². The van der Waals surface area contributed by atoms with E-state index in [0.717, 1.165) is 12.8 Å². The zero-order chi connectivity index (χ0) is 43.4. The fourth-order valence-electron chi connectivity index (χ4n) is 4.49. The van der Waals surface area contributed by atoms with Gasteiger partial charge in [0.25, 0.3) is 0 Å². The zero-order valence-electron chi connectivity index (χ0n) is 40.9. The molecule has 0 unspecified atom stereocenters. The molecule has 0 saturated carbocycles. The first kappa shape index (κ1) is 72.8. The summed E-state index contributed by atoms with van der Waals surface area (Å²) in [4.78, 5) is -0.913. The fraction of sp³-hybridized carbons (Fsp3) is 1.00. The van der Waals surface area contributed by atoms with Crippen molar-refractivity contribution >= 4 is 46.4 Å². The average molecular weight is 855 g/mol. The van der Waals surface area contributed by atoms with Gasteiger partial charge in [0.1, 0.15) is 9.67 Å². The van der Waals surface area contributed by atoms with Gasteiger partial charge in [0.05, 0.1) is 0 Å². The Bertz CT molecular complexity index is 341. The van der Waals surface area contributed by atoms with Crippen molar-refractivity contribution in [3.63, 3.8) is 0 Å². The van der Waals surface area contributed by atoms with Gasteiger partial charge in [-0.2, -0.15) is 0 Å².